The molecule has 2 heterocycles. The van der Waals surface area contributed by atoms with Gasteiger partial charge in [-0.25, -0.2) is 9.18 Å². The third-order valence-corrected chi connectivity index (χ3v) is 4.02. The Morgan fingerprint density at radius 2 is 2.23 bits per heavy atom. The summed E-state index contributed by atoms with van der Waals surface area (Å²) in [5, 5.41) is 5.52. The fourth-order valence-corrected chi connectivity index (χ4v) is 2.86. The third kappa shape index (κ3) is 3.19. The van der Waals surface area contributed by atoms with E-state index in [1.165, 1.54) is 23.1 Å². The average Bonchev–Trinajstić information content (AvgIpc) is 2.43. The molecule has 0 aromatic heterocycles. The molecule has 0 unspecified atom stereocenters. The van der Waals surface area contributed by atoms with Crippen molar-refractivity contribution >= 4 is 17.6 Å². The number of rotatable bonds is 4. The molecule has 2 aliphatic heterocycles. The van der Waals surface area contributed by atoms with Gasteiger partial charge >= 0.3 is 6.03 Å². The fraction of sp³-hybridized carbons (Fsp3) is 0.467. The average molecular weight is 306 g/mol. The molecule has 3 amide bonds. The summed E-state index contributed by atoms with van der Waals surface area (Å²) in [6, 6.07) is 3.88. The van der Waals surface area contributed by atoms with Crippen LogP contribution in [0.5, 0.6) is 0 Å². The molecule has 0 spiro atoms. The molecule has 1 aromatic carbocycles. The van der Waals surface area contributed by atoms with Gasteiger partial charge in [0.1, 0.15) is 12.4 Å². The summed E-state index contributed by atoms with van der Waals surface area (Å²) in [6.45, 7) is 2.81. The number of anilines is 1. The maximum atomic E-state index is 13.3. The summed E-state index contributed by atoms with van der Waals surface area (Å²) in [4.78, 5) is 27.5. The Kier molecular flexibility index (Phi) is 3.98. The monoisotopic (exact) mass is 306 g/mol. The molecule has 2 N–H and O–H groups in total. The van der Waals surface area contributed by atoms with Crippen molar-refractivity contribution < 1.29 is 14.0 Å². The Hall–Kier alpha value is -2.15. The van der Waals surface area contributed by atoms with Gasteiger partial charge in [0, 0.05) is 31.2 Å². The van der Waals surface area contributed by atoms with Crippen molar-refractivity contribution in [3.8, 4) is 0 Å². The van der Waals surface area contributed by atoms with Crippen LogP contribution in [0.2, 0.25) is 0 Å². The Bertz CT molecular complexity index is 601. The van der Waals surface area contributed by atoms with E-state index in [-0.39, 0.29) is 30.8 Å². The van der Waals surface area contributed by atoms with Gasteiger partial charge in [0.05, 0.1) is 6.54 Å². The molecule has 0 bridgehead atoms. The van der Waals surface area contributed by atoms with Crippen LogP contribution in [-0.2, 0) is 11.3 Å². The molecule has 1 saturated heterocycles. The van der Waals surface area contributed by atoms with Gasteiger partial charge in [-0.2, -0.15) is 0 Å². The smallest absolute Gasteiger partial charge is 0.322 e. The lowest BCUT2D eigenvalue weighted by Gasteiger charge is -2.36. The summed E-state index contributed by atoms with van der Waals surface area (Å²) >= 11 is 0. The van der Waals surface area contributed by atoms with E-state index in [1.54, 1.807) is 0 Å². The number of nitrogens with zero attached hydrogens (tertiary/aromatic N) is 2. The van der Waals surface area contributed by atoms with Crippen molar-refractivity contribution in [1.29, 1.82) is 0 Å². The second-order valence-electron chi connectivity index (χ2n) is 5.98. The van der Waals surface area contributed by atoms with Crippen LogP contribution in [0, 0.1) is 11.7 Å². The van der Waals surface area contributed by atoms with Gasteiger partial charge < -0.3 is 20.4 Å². The van der Waals surface area contributed by atoms with Crippen molar-refractivity contribution in [1.82, 2.24) is 15.1 Å². The molecule has 3 rings (SSSR count). The van der Waals surface area contributed by atoms with Crippen LogP contribution in [0.15, 0.2) is 18.2 Å². The van der Waals surface area contributed by atoms with E-state index in [9.17, 15) is 14.0 Å². The highest BCUT2D eigenvalue weighted by Crippen LogP contribution is 2.23. The summed E-state index contributed by atoms with van der Waals surface area (Å²) in [6.07, 6.45) is 0. The van der Waals surface area contributed by atoms with E-state index >= 15 is 0 Å². The minimum atomic E-state index is -0.353. The lowest BCUT2D eigenvalue weighted by atomic mass is 10.0. The van der Waals surface area contributed by atoms with E-state index in [0.29, 0.717) is 23.7 Å². The molecule has 0 atom stereocenters. The van der Waals surface area contributed by atoms with Gasteiger partial charge in [-0.15, -0.1) is 0 Å². The summed E-state index contributed by atoms with van der Waals surface area (Å²) in [7, 11) is 2.03. The van der Waals surface area contributed by atoms with Crippen LogP contribution in [0.3, 0.4) is 0 Å². The minimum absolute atomic E-state index is 0.0235. The van der Waals surface area contributed by atoms with Crippen LogP contribution in [-0.4, -0.2) is 55.0 Å². The Balaban J connectivity index is 1.54. The first kappa shape index (κ1) is 14.8. The zero-order valence-electron chi connectivity index (χ0n) is 12.4. The van der Waals surface area contributed by atoms with Crippen molar-refractivity contribution in [2.24, 2.45) is 5.92 Å². The van der Waals surface area contributed by atoms with E-state index in [4.69, 9.17) is 0 Å². The van der Waals surface area contributed by atoms with Crippen LogP contribution in [0.4, 0.5) is 14.9 Å². The number of nitrogens with one attached hydrogen (secondary N) is 2. The van der Waals surface area contributed by atoms with Gasteiger partial charge in [0.2, 0.25) is 5.91 Å². The largest absolute Gasteiger partial charge is 0.354 e. The molecule has 0 radical (unpaired) electrons. The predicted molar refractivity (Wildman–Crippen MR) is 79.8 cm³/mol. The molecule has 6 nitrogen and oxygen atoms in total. The van der Waals surface area contributed by atoms with Crippen molar-refractivity contribution in [2.75, 3.05) is 38.5 Å². The summed E-state index contributed by atoms with van der Waals surface area (Å²) < 4.78 is 13.3. The number of hydrogen-bond acceptors (Lipinski definition) is 3. The van der Waals surface area contributed by atoms with Gasteiger partial charge in [0.25, 0.3) is 0 Å². The molecule has 1 fully saturated rings. The predicted octanol–water partition coefficient (Wildman–Crippen LogP) is 0.851. The first-order chi connectivity index (χ1) is 10.5. The molecule has 118 valence electrons. The number of fused-ring (bicyclic) bond motifs is 1. The van der Waals surface area contributed by atoms with Crippen LogP contribution < -0.4 is 10.6 Å². The van der Waals surface area contributed by atoms with Crippen molar-refractivity contribution in [2.45, 2.75) is 6.54 Å². The summed E-state index contributed by atoms with van der Waals surface area (Å²) in [5.74, 6) is -0.0584. The third-order valence-electron chi connectivity index (χ3n) is 4.02. The number of hydrogen-bond donors (Lipinski definition) is 2. The number of amides is 3. The zero-order valence-corrected chi connectivity index (χ0v) is 12.4. The Morgan fingerprint density at radius 3 is 2.95 bits per heavy atom. The molecular weight excluding hydrogens is 287 g/mol. The molecule has 2 aliphatic rings. The zero-order chi connectivity index (χ0) is 15.7. The molecule has 7 heteroatoms. The van der Waals surface area contributed by atoms with Crippen LogP contribution in [0.1, 0.15) is 5.56 Å². The molecule has 0 saturated carbocycles. The van der Waals surface area contributed by atoms with Crippen LogP contribution in [0.25, 0.3) is 0 Å². The second-order valence-corrected chi connectivity index (χ2v) is 5.98. The normalized spacial score (nSPS) is 18.5. The highest BCUT2D eigenvalue weighted by atomic mass is 19.1. The standard InChI is InChI=1S/C15H19FN4O2/c1-19-6-10(7-19)5-17-14(21)9-20-8-11-4-12(16)2-3-13(11)18-15(20)22/h2-4,10H,5-9H2,1H3,(H,17,21)(H,18,22). The second kappa shape index (κ2) is 5.92. The lowest BCUT2D eigenvalue weighted by Crippen LogP contribution is -2.51. The van der Waals surface area contributed by atoms with E-state index in [2.05, 4.69) is 15.5 Å². The topological polar surface area (TPSA) is 64.7 Å². The van der Waals surface area contributed by atoms with E-state index in [0.717, 1.165) is 13.1 Å². The number of benzene rings is 1. The first-order valence-electron chi connectivity index (χ1n) is 7.31. The number of halogens is 1. The maximum Gasteiger partial charge on any atom is 0.322 e. The lowest BCUT2D eigenvalue weighted by molar-refractivity contribution is -0.122. The first-order valence-corrected chi connectivity index (χ1v) is 7.31. The minimum Gasteiger partial charge on any atom is -0.354 e. The number of carbonyl (C=O) groups is 2. The molecule has 1 aromatic rings. The summed E-state index contributed by atoms with van der Waals surface area (Å²) in [5.41, 5.74) is 1.27. The van der Waals surface area contributed by atoms with Crippen LogP contribution >= 0.6 is 0 Å². The van der Waals surface area contributed by atoms with Crippen molar-refractivity contribution in [3.63, 3.8) is 0 Å². The molecule has 22 heavy (non-hydrogen) atoms. The maximum absolute atomic E-state index is 13.3. The van der Waals surface area contributed by atoms with Gasteiger partial charge in [0.15, 0.2) is 0 Å². The van der Waals surface area contributed by atoms with Crippen molar-refractivity contribution in [3.05, 3.63) is 29.6 Å². The highest BCUT2D eigenvalue weighted by Gasteiger charge is 2.26. The van der Waals surface area contributed by atoms with Gasteiger partial charge in [-0.3, -0.25) is 4.79 Å². The number of urea groups is 1. The Morgan fingerprint density at radius 1 is 1.45 bits per heavy atom. The molecule has 0 aliphatic carbocycles. The molecular formula is C15H19FN4O2. The van der Waals surface area contributed by atoms with Gasteiger partial charge in [-0.1, -0.05) is 0 Å². The Labute approximate surface area is 128 Å². The number of likely N-dealkylation sites (tertiary alicyclic amines) is 1. The van der Waals surface area contributed by atoms with E-state index < -0.39 is 0 Å². The van der Waals surface area contributed by atoms with Gasteiger partial charge in [-0.05, 0) is 30.8 Å². The fourth-order valence-electron chi connectivity index (χ4n) is 2.86. The quantitative estimate of drug-likeness (QED) is 0.867. The highest BCUT2D eigenvalue weighted by molar-refractivity contribution is 5.94. The SMILES string of the molecule is CN1CC(CNC(=O)CN2Cc3cc(F)ccc3NC2=O)C1. The number of carbonyl (C=O) groups excluding carboxylic acids is 2. The van der Waals surface area contributed by atoms with E-state index in [1.807, 2.05) is 7.05 Å².